The number of urea groups is 1. The number of amides is 3. The van der Waals surface area contributed by atoms with Gasteiger partial charge in [-0.25, -0.2) is 14.8 Å². The summed E-state index contributed by atoms with van der Waals surface area (Å²) in [6.07, 6.45) is 1.50. The van der Waals surface area contributed by atoms with Crippen molar-refractivity contribution in [1.82, 2.24) is 15.4 Å². The Labute approximate surface area is 78.3 Å². The van der Waals surface area contributed by atoms with Crippen LogP contribution in [0, 0.1) is 0 Å². The number of thiazole rings is 1. The minimum absolute atomic E-state index is 0.285. The van der Waals surface area contributed by atoms with E-state index in [1.807, 2.05) is 0 Å². The van der Waals surface area contributed by atoms with Crippen molar-refractivity contribution < 1.29 is 9.59 Å². The van der Waals surface area contributed by atoms with Gasteiger partial charge in [0.05, 0.1) is 0 Å². The van der Waals surface area contributed by atoms with Crippen LogP contribution in [0.25, 0.3) is 0 Å². The second kappa shape index (κ2) is 3.85. The molecule has 0 bridgehead atoms. The summed E-state index contributed by atoms with van der Waals surface area (Å²) in [7, 11) is 1.36. The Bertz CT molecular complexity index is 310. The second-order valence-electron chi connectivity index (χ2n) is 2.18. The van der Waals surface area contributed by atoms with Gasteiger partial charge in [-0.05, 0) is 0 Å². The lowest BCUT2D eigenvalue weighted by molar-refractivity contribution is 0.0859. The van der Waals surface area contributed by atoms with E-state index in [2.05, 4.69) is 10.4 Å². The first-order chi connectivity index (χ1) is 6.11. The molecular formula is C6H8N4O2S. The summed E-state index contributed by atoms with van der Waals surface area (Å²) in [5, 5.41) is 2.84. The van der Waals surface area contributed by atoms with Crippen molar-refractivity contribution in [3.05, 3.63) is 16.6 Å². The quantitative estimate of drug-likeness (QED) is 0.615. The van der Waals surface area contributed by atoms with Gasteiger partial charge in [0.25, 0.3) is 5.91 Å². The molecule has 0 unspecified atom stereocenters. The van der Waals surface area contributed by atoms with Crippen molar-refractivity contribution in [2.45, 2.75) is 0 Å². The summed E-state index contributed by atoms with van der Waals surface area (Å²) >= 11 is 1.18. The number of nitrogens with zero attached hydrogens (tertiary/aromatic N) is 2. The number of primary amides is 1. The minimum Gasteiger partial charge on any atom is -0.350 e. The smallest absolute Gasteiger partial charge is 0.333 e. The largest absolute Gasteiger partial charge is 0.350 e. The zero-order valence-corrected chi connectivity index (χ0v) is 7.67. The molecule has 1 aromatic rings. The van der Waals surface area contributed by atoms with Crippen LogP contribution in [0.2, 0.25) is 0 Å². The lowest BCUT2D eigenvalue weighted by Gasteiger charge is -2.13. The van der Waals surface area contributed by atoms with Crippen molar-refractivity contribution in [2.24, 2.45) is 5.73 Å². The molecule has 0 radical (unpaired) electrons. The summed E-state index contributed by atoms with van der Waals surface area (Å²) < 4.78 is 0. The molecule has 0 saturated heterocycles. The van der Waals surface area contributed by atoms with Crippen LogP contribution in [0.15, 0.2) is 11.6 Å². The molecular weight excluding hydrogens is 192 g/mol. The van der Waals surface area contributed by atoms with E-state index in [1.54, 1.807) is 5.38 Å². The number of rotatable bonds is 1. The van der Waals surface area contributed by atoms with E-state index in [1.165, 1.54) is 24.6 Å². The molecule has 0 aliphatic heterocycles. The van der Waals surface area contributed by atoms with E-state index in [-0.39, 0.29) is 5.01 Å². The van der Waals surface area contributed by atoms with E-state index in [0.717, 1.165) is 5.01 Å². The Morgan fingerprint density at radius 2 is 2.38 bits per heavy atom. The summed E-state index contributed by atoms with van der Waals surface area (Å²) in [6.45, 7) is 0. The molecule has 13 heavy (non-hydrogen) atoms. The summed E-state index contributed by atoms with van der Waals surface area (Å²) in [5.41, 5.74) is 7.14. The lowest BCUT2D eigenvalue weighted by Crippen LogP contribution is -2.45. The number of hydrogen-bond acceptors (Lipinski definition) is 4. The number of carbonyl (C=O) groups is 2. The normalized spacial score (nSPS) is 9.31. The Morgan fingerprint density at radius 1 is 1.69 bits per heavy atom. The van der Waals surface area contributed by atoms with Crippen LogP contribution in [-0.2, 0) is 0 Å². The third-order valence-electron chi connectivity index (χ3n) is 1.23. The number of carbonyl (C=O) groups excluding carboxylic acids is 2. The maximum Gasteiger partial charge on any atom is 0.333 e. The molecule has 0 fully saturated rings. The standard InChI is InChI=1S/C6H8N4O2S/c1-10(6(7)12)9-4(11)5-8-2-3-13-5/h2-3H,1H3,(H2,7,12)(H,9,11). The predicted octanol–water partition coefficient (Wildman–Crippen LogP) is -0.202. The number of nitrogens with one attached hydrogen (secondary N) is 1. The van der Waals surface area contributed by atoms with Crippen molar-refractivity contribution in [2.75, 3.05) is 7.05 Å². The van der Waals surface area contributed by atoms with E-state index in [4.69, 9.17) is 5.73 Å². The summed E-state index contributed by atoms with van der Waals surface area (Å²) in [5.74, 6) is -0.448. The van der Waals surface area contributed by atoms with Crippen LogP contribution < -0.4 is 11.2 Å². The molecule has 3 N–H and O–H groups in total. The number of aromatic nitrogens is 1. The third kappa shape index (κ3) is 2.41. The number of hydrogen-bond donors (Lipinski definition) is 2. The Hall–Kier alpha value is -1.63. The van der Waals surface area contributed by atoms with Crippen LogP contribution in [0.4, 0.5) is 4.79 Å². The van der Waals surface area contributed by atoms with E-state index >= 15 is 0 Å². The SMILES string of the molecule is CN(NC(=O)c1nccs1)C(N)=O. The van der Waals surface area contributed by atoms with Gasteiger partial charge >= 0.3 is 6.03 Å². The molecule has 0 aliphatic rings. The Balaban J connectivity index is 2.56. The van der Waals surface area contributed by atoms with Gasteiger partial charge in [0.15, 0.2) is 5.01 Å². The van der Waals surface area contributed by atoms with Crippen LogP contribution >= 0.6 is 11.3 Å². The van der Waals surface area contributed by atoms with Crippen LogP contribution in [0.3, 0.4) is 0 Å². The first-order valence-corrected chi connectivity index (χ1v) is 4.23. The number of hydrazine groups is 1. The van der Waals surface area contributed by atoms with Crippen LogP contribution in [0.1, 0.15) is 9.80 Å². The summed E-state index contributed by atoms with van der Waals surface area (Å²) in [6, 6.07) is -0.732. The topological polar surface area (TPSA) is 88.3 Å². The van der Waals surface area contributed by atoms with Gasteiger partial charge in [-0.3, -0.25) is 10.2 Å². The van der Waals surface area contributed by atoms with Gasteiger partial charge in [0.2, 0.25) is 0 Å². The molecule has 0 saturated carbocycles. The third-order valence-corrected chi connectivity index (χ3v) is 2.00. The molecule has 0 spiro atoms. The highest BCUT2D eigenvalue weighted by Gasteiger charge is 2.11. The maximum absolute atomic E-state index is 11.2. The lowest BCUT2D eigenvalue weighted by atomic mass is 10.6. The fraction of sp³-hybridized carbons (Fsp3) is 0.167. The molecule has 0 aliphatic carbocycles. The molecule has 7 heteroatoms. The van der Waals surface area contributed by atoms with E-state index in [9.17, 15) is 9.59 Å². The molecule has 1 aromatic heterocycles. The first kappa shape index (κ1) is 9.46. The molecule has 1 heterocycles. The molecule has 3 amide bonds. The minimum atomic E-state index is -0.732. The Morgan fingerprint density at radius 3 is 2.85 bits per heavy atom. The first-order valence-electron chi connectivity index (χ1n) is 3.35. The monoisotopic (exact) mass is 200 g/mol. The molecule has 6 nitrogen and oxygen atoms in total. The van der Waals surface area contributed by atoms with Crippen molar-refractivity contribution >= 4 is 23.3 Å². The highest BCUT2D eigenvalue weighted by atomic mass is 32.1. The fourth-order valence-corrected chi connectivity index (χ4v) is 1.12. The van der Waals surface area contributed by atoms with Gasteiger partial charge in [-0.15, -0.1) is 11.3 Å². The van der Waals surface area contributed by atoms with Crippen molar-refractivity contribution in [3.8, 4) is 0 Å². The average molecular weight is 200 g/mol. The van der Waals surface area contributed by atoms with Crippen LogP contribution in [0.5, 0.6) is 0 Å². The summed E-state index contributed by atoms with van der Waals surface area (Å²) in [4.78, 5) is 25.5. The maximum atomic E-state index is 11.2. The number of nitrogens with two attached hydrogens (primary N) is 1. The zero-order chi connectivity index (χ0) is 9.84. The highest BCUT2D eigenvalue weighted by molar-refractivity contribution is 7.11. The van der Waals surface area contributed by atoms with Gasteiger partial charge in [0, 0.05) is 18.6 Å². The molecule has 1 rings (SSSR count). The average Bonchev–Trinajstić information content (AvgIpc) is 2.55. The van der Waals surface area contributed by atoms with Crippen LogP contribution in [-0.4, -0.2) is 29.0 Å². The van der Waals surface area contributed by atoms with Crippen molar-refractivity contribution in [1.29, 1.82) is 0 Å². The van der Waals surface area contributed by atoms with Gasteiger partial charge < -0.3 is 5.73 Å². The molecule has 70 valence electrons. The molecule has 0 aromatic carbocycles. The van der Waals surface area contributed by atoms with E-state index in [0.29, 0.717) is 0 Å². The second-order valence-corrected chi connectivity index (χ2v) is 3.07. The van der Waals surface area contributed by atoms with Gasteiger partial charge in [0.1, 0.15) is 0 Å². The van der Waals surface area contributed by atoms with Crippen molar-refractivity contribution in [3.63, 3.8) is 0 Å². The van der Waals surface area contributed by atoms with E-state index < -0.39 is 11.9 Å². The molecule has 0 atom stereocenters. The Kier molecular flexibility index (Phi) is 2.80. The highest BCUT2D eigenvalue weighted by Crippen LogP contribution is 2.02. The van der Waals surface area contributed by atoms with Gasteiger partial charge in [-0.2, -0.15) is 0 Å². The fourth-order valence-electron chi connectivity index (χ4n) is 0.591. The zero-order valence-electron chi connectivity index (χ0n) is 6.85. The predicted molar refractivity (Wildman–Crippen MR) is 46.9 cm³/mol. The van der Waals surface area contributed by atoms with Gasteiger partial charge in [-0.1, -0.05) is 0 Å².